The van der Waals surface area contributed by atoms with Gasteiger partial charge in [0.25, 0.3) is 0 Å². The molecule has 4 heteroatoms. The Morgan fingerprint density at radius 3 is 2.61 bits per heavy atom. The summed E-state index contributed by atoms with van der Waals surface area (Å²) in [7, 11) is 0. The Labute approximate surface area is 106 Å². The van der Waals surface area contributed by atoms with Crippen LogP contribution in [-0.2, 0) is 5.41 Å². The molecule has 18 heavy (non-hydrogen) atoms. The predicted molar refractivity (Wildman–Crippen MR) is 65.6 cm³/mol. The predicted octanol–water partition coefficient (Wildman–Crippen LogP) is 1.02. The van der Waals surface area contributed by atoms with Gasteiger partial charge in [0, 0.05) is 6.61 Å². The molecule has 1 aliphatic rings. The molecule has 0 aliphatic heterocycles. The summed E-state index contributed by atoms with van der Waals surface area (Å²) in [6.07, 6.45) is -0.173. The minimum absolute atomic E-state index is 0.134. The SMILES string of the molecule is N#CC1(c2cccc(C(O)C(O)CCO)c2)CC1. The minimum Gasteiger partial charge on any atom is -0.396 e. The molecule has 1 saturated carbocycles. The van der Waals surface area contributed by atoms with E-state index in [1.54, 1.807) is 18.2 Å². The number of rotatable bonds is 5. The Bertz CT molecular complexity index is 462. The first-order valence-electron chi connectivity index (χ1n) is 6.11. The van der Waals surface area contributed by atoms with Crippen LogP contribution < -0.4 is 0 Å². The smallest absolute Gasteiger partial charge is 0.105 e. The van der Waals surface area contributed by atoms with Crippen molar-refractivity contribution in [2.45, 2.75) is 36.9 Å². The maximum absolute atomic E-state index is 9.96. The topological polar surface area (TPSA) is 84.5 Å². The van der Waals surface area contributed by atoms with E-state index in [9.17, 15) is 10.2 Å². The quantitative estimate of drug-likeness (QED) is 0.725. The standard InChI is InChI=1S/C14H17NO3/c15-9-14(5-6-14)11-3-1-2-10(8-11)13(18)12(17)4-7-16/h1-3,8,12-13,16-18H,4-7H2. The van der Waals surface area contributed by atoms with Crippen LogP contribution in [0.15, 0.2) is 24.3 Å². The first kappa shape index (κ1) is 13.0. The van der Waals surface area contributed by atoms with Gasteiger partial charge in [0.05, 0.1) is 17.6 Å². The van der Waals surface area contributed by atoms with E-state index < -0.39 is 17.6 Å². The largest absolute Gasteiger partial charge is 0.396 e. The molecule has 0 bridgehead atoms. The minimum atomic E-state index is -1.02. The first-order valence-corrected chi connectivity index (χ1v) is 6.11. The van der Waals surface area contributed by atoms with E-state index in [0.717, 1.165) is 18.4 Å². The molecule has 96 valence electrons. The molecule has 3 N–H and O–H groups in total. The maximum atomic E-state index is 9.96. The monoisotopic (exact) mass is 247 g/mol. The number of benzene rings is 1. The zero-order chi connectivity index (χ0) is 13.2. The van der Waals surface area contributed by atoms with Crippen LogP contribution in [0.2, 0.25) is 0 Å². The van der Waals surface area contributed by atoms with Crippen molar-refractivity contribution in [3.8, 4) is 6.07 Å². The lowest BCUT2D eigenvalue weighted by molar-refractivity contribution is 0.00417. The lowest BCUT2D eigenvalue weighted by Crippen LogP contribution is -2.20. The Hall–Kier alpha value is -1.41. The highest BCUT2D eigenvalue weighted by atomic mass is 16.3. The lowest BCUT2D eigenvalue weighted by atomic mass is 9.93. The average molecular weight is 247 g/mol. The molecule has 1 aromatic carbocycles. The van der Waals surface area contributed by atoms with Crippen LogP contribution in [0.4, 0.5) is 0 Å². The highest BCUT2D eigenvalue weighted by molar-refractivity contribution is 5.41. The molecule has 0 saturated heterocycles. The molecule has 0 aromatic heterocycles. The number of aliphatic hydroxyl groups is 3. The summed E-state index contributed by atoms with van der Waals surface area (Å²) in [4.78, 5) is 0. The molecule has 0 radical (unpaired) electrons. The van der Waals surface area contributed by atoms with Gasteiger partial charge < -0.3 is 15.3 Å². The zero-order valence-corrected chi connectivity index (χ0v) is 10.1. The summed E-state index contributed by atoms with van der Waals surface area (Å²) >= 11 is 0. The van der Waals surface area contributed by atoms with Crippen molar-refractivity contribution >= 4 is 0 Å². The molecule has 0 amide bonds. The van der Waals surface area contributed by atoms with Gasteiger partial charge in [-0.1, -0.05) is 24.3 Å². The van der Waals surface area contributed by atoms with Gasteiger partial charge in [-0.05, 0) is 30.4 Å². The average Bonchev–Trinajstić information content (AvgIpc) is 3.19. The lowest BCUT2D eigenvalue weighted by Gasteiger charge is -2.18. The molecule has 2 rings (SSSR count). The van der Waals surface area contributed by atoms with Crippen LogP contribution in [0.25, 0.3) is 0 Å². The molecule has 2 unspecified atom stereocenters. The normalized spacial score (nSPS) is 19.9. The molecular weight excluding hydrogens is 230 g/mol. The van der Waals surface area contributed by atoms with E-state index in [4.69, 9.17) is 10.4 Å². The van der Waals surface area contributed by atoms with Crippen molar-refractivity contribution in [1.82, 2.24) is 0 Å². The second-order valence-electron chi connectivity index (χ2n) is 4.84. The van der Waals surface area contributed by atoms with Gasteiger partial charge in [0.15, 0.2) is 0 Å². The summed E-state index contributed by atoms with van der Waals surface area (Å²) in [6.45, 7) is -0.167. The molecule has 0 spiro atoms. The van der Waals surface area contributed by atoms with Crippen molar-refractivity contribution in [1.29, 1.82) is 5.26 Å². The van der Waals surface area contributed by atoms with Gasteiger partial charge in [-0.25, -0.2) is 0 Å². The summed E-state index contributed by atoms with van der Waals surface area (Å²) in [5.74, 6) is 0. The number of nitriles is 1. The van der Waals surface area contributed by atoms with Crippen molar-refractivity contribution in [3.63, 3.8) is 0 Å². The van der Waals surface area contributed by atoms with Crippen LogP contribution >= 0.6 is 0 Å². The highest BCUT2D eigenvalue weighted by Crippen LogP contribution is 2.47. The van der Waals surface area contributed by atoms with E-state index in [2.05, 4.69) is 6.07 Å². The Morgan fingerprint density at radius 1 is 1.33 bits per heavy atom. The third kappa shape index (κ3) is 2.39. The van der Waals surface area contributed by atoms with Gasteiger partial charge in [0.1, 0.15) is 6.10 Å². The van der Waals surface area contributed by atoms with Gasteiger partial charge in [-0.3, -0.25) is 0 Å². The molecule has 0 heterocycles. The van der Waals surface area contributed by atoms with Crippen LogP contribution in [0.1, 0.15) is 36.5 Å². The molecule has 1 aromatic rings. The number of nitrogens with zero attached hydrogens (tertiary/aromatic N) is 1. The van der Waals surface area contributed by atoms with Crippen LogP contribution in [0, 0.1) is 11.3 Å². The fraction of sp³-hybridized carbons (Fsp3) is 0.500. The third-order valence-corrected chi connectivity index (χ3v) is 3.53. The Kier molecular flexibility index (Phi) is 3.67. The Balaban J connectivity index is 2.20. The van der Waals surface area contributed by atoms with E-state index >= 15 is 0 Å². The van der Waals surface area contributed by atoms with Gasteiger partial charge in [-0.2, -0.15) is 5.26 Å². The van der Waals surface area contributed by atoms with E-state index in [0.29, 0.717) is 5.56 Å². The molecule has 1 aliphatic carbocycles. The Morgan fingerprint density at radius 2 is 2.06 bits per heavy atom. The van der Waals surface area contributed by atoms with Crippen LogP contribution in [0.3, 0.4) is 0 Å². The second-order valence-corrected chi connectivity index (χ2v) is 4.84. The molecule has 1 fully saturated rings. The van der Waals surface area contributed by atoms with Crippen LogP contribution in [-0.4, -0.2) is 28.0 Å². The fourth-order valence-electron chi connectivity index (χ4n) is 2.12. The molecular formula is C14H17NO3. The van der Waals surface area contributed by atoms with Gasteiger partial charge >= 0.3 is 0 Å². The molecule has 2 atom stereocenters. The number of hydrogen-bond donors (Lipinski definition) is 3. The number of aliphatic hydroxyl groups excluding tert-OH is 3. The summed E-state index contributed by atoms with van der Waals surface area (Å²) in [6, 6.07) is 9.48. The molecule has 4 nitrogen and oxygen atoms in total. The first-order chi connectivity index (χ1) is 8.63. The summed E-state index contributed by atoms with van der Waals surface area (Å²) < 4.78 is 0. The van der Waals surface area contributed by atoms with E-state index in [1.165, 1.54) is 0 Å². The number of hydrogen-bond acceptors (Lipinski definition) is 4. The van der Waals surface area contributed by atoms with Crippen molar-refractivity contribution in [3.05, 3.63) is 35.4 Å². The van der Waals surface area contributed by atoms with Crippen LogP contribution in [0.5, 0.6) is 0 Å². The van der Waals surface area contributed by atoms with Crippen molar-refractivity contribution in [2.75, 3.05) is 6.61 Å². The fourth-order valence-corrected chi connectivity index (χ4v) is 2.12. The van der Waals surface area contributed by atoms with E-state index in [1.807, 2.05) is 6.07 Å². The van der Waals surface area contributed by atoms with E-state index in [-0.39, 0.29) is 13.0 Å². The van der Waals surface area contributed by atoms with Gasteiger partial charge in [0.2, 0.25) is 0 Å². The second kappa shape index (κ2) is 5.07. The maximum Gasteiger partial charge on any atom is 0.105 e. The van der Waals surface area contributed by atoms with Crippen molar-refractivity contribution in [2.24, 2.45) is 0 Å². The van der Waals surface area contributed by atoms with Crippen molar-refractivity contribution < 1.29 is 15.3 Å². The van der Waals surface area contributed by atoms with Gasteiger partial charge in [-0.15, -0.1) is 0 Å². The summed E-state index contributed by atoms with van der Waals surface area (Å²) in [5, 5.41) is 37.5. The summed E-state index contributed by atoms with van der Waals surface area (Å²) in [5.41, 5.74) is 1.10. The highest BCUT2D eigenvalue weighted by Gasteiger charge is 2.45. The zero-order valence-electron chi connectivity index (χ0n) is 10.1. The third-order valence-electron chi connectivity index (χ3n) is 3.53.